The average Bonchev–Trinajstić information content (AvgIpc) is 3.35. The zero-order chi connectivity index (χ0) is 22.8. The first-order chi connectivity index (χ1) is 15.4. The van der Waals surface area contributed by atoms with Crippen molar-refractivity contribution in [2.75, 3.05) is 25.6 Å². The van der Waals surface area contributed by atoms with Gasteiger partial charge in [0.15, 0.2) is 0 Å². The van der Waals surface area contributed by atoms with Crippen LogP contribution in [0.5, 0.6) is 5.75 Å². The van der Waals surface area contributed by atoms with Gasteiger partial charge in [0.2, 0.25) is 5.91 Å². The van der Waals surface area contributed by atoms with E-state index in [1.807, 2.05) is 12.1 Å². The van der Waals surface area contributed by atoms with E-state index in [0.717, 1.165) is 21.8 Å². The number of nitrogens with zero attached hydrogens (tertiary/aromatic N) is 1. The Morgan fingerprint density at radius 1 is 1.22 bits per heavy atom. The van der Waals surface area contributed by atoms with E-state index in [-0.39, 0.29) is 35.9 Å². The van der Waals surface area contributed by atoms with Crippen LogP contribution < -0.4 is 10.1 Å². The molecule has 1 fully saturated rings. The summed E-state index contributed by atoms with van der Waals surface area (Å²) >= 11 is 6.85. The molecule has 1 atom stereocenters. The van der Waals surface area contributed by atoms with Crippen molar-refractivity contribution in [2.24, 2.45) is 0 Å². The molecule has 2 aromatic carbocycles. The summed E-state index contributed by atoms with van der Waals surface area (Å²) in [6.45, 7) is 0.904. The monoisotopic (exact) mass is 562 g/mol. The molecule has 0 aromatic heterocycles. The van der Waals surface area contributed by atoms with Gasteiger partial charge in [-0.05, 0) is 65.2 Å². The fourth-order valence-corrected chi connectivity index (χ4v) is 5.22. The molecular formula is C23H20Br2N2O5. The SMILES string of the molecule is COc1c(Br)cc(Br)cc1/C=C/C(=O)Nc1ccc2c(c1)C(=O)N(CC1CCCO1)C2=O. The summed E-state index contributed by atoms with van der Waals surface area (Å²) in [5, 5.41) is 2.74. The van der Waals surface area contributed by atoms with Gasteiger partial charge in [0.1, 0.15) is 5.75 Å². The number of carbonyl (C=O) groups excluding carboxylic acids is 3. The lowest BCUT2D eigenvalue weighted by Gasteiger charge is -2.17. The Balaban J connectivity index is 1.47. The van der Waals surface area contributed by atoms with Crippen LogP contribution in [-0.2, 0) is 9.53 Å². The van der Waals surface area contributed by atoms with Crippen molar-refractivity contribution in [2.45, 2.75) is 18.9 Å². The summed E-state index contributed by atoms with van der Waals surface area (Å²) < 4.78 is 12.5. The molecule has 7 nitrogen and oxygen atoms in total. The lowest BCUT2D eigenvalue weighted by atomic mass is 10.1. The van der Waals surface area contributed by atoms with Crippen LogP contribution in [0, 0.1) is 0 Å². The summed E-state index contributed by atoms with van der Waals surface area (Å²) in [6.07, 6.45) is 4.66. The maximum atomic E-state index is 12.8. The van der Waals surface area contributed by atoms with Crippen LogP contribution in [-0.4, -0.2) is 49.0 Å². The molecule has 1 unspecified atom stereocenters. The third kappa shape index (κ3) is 4.65. The Bertz CT molecular complexity index is 1130. The fraction of sp³-hybridized carbons (Fsp3) is 0.261. The van der Waals surface area contributed by atoms with Crippen LogP contribution >= 0.6 is 31.9 Å². The highest BCUT2D eigenvalue weighted by atomic mass is 79.9. The Kier molecular flexibility index (Phi) is 6.78. The zero-order valence-corrected chi connectivity index (χ0v) is 20.4. The minimum atomic E-state index is -0.379. The smallest absolute Gasteiger partial charge is 0.261 e. The number of ether oxygens (including phenoxy) is 2. The van der Waals surface area contributed by atoms with E-state index in [2.05, 4.69) is 37.2 Å². The van der Waals surface area contributed by atoms with Crippen molar-refractivity contribution in [3.8, 4) is 5.75 Å². The standard InChI is InChI=1S/C23H20Br2N2O5/c1-31-21-13(9-14(24)10-19(21)25)4-7-20(28)26-15-5-6-17-18(11-15)23(30)27(22(17)29)12-16-3-2-8-32-16/h4-7,9-11,16H,2-3,8,12H2,1H3,(H,26,28)/b7-4+. The Morgan fingerprint density at radius 2 is 2.00 bits per heavy atom. The number of fused-ring (bicyclic) bond motifs is 1. The van der Waals surface area contributed by atoms with Gasteiger partial charge in [-0.15, -0.1) is 0 Å². The number of carbonyl (C=O) groups is 3. The molecule has 2 heterocycles. The van der Waals surface area contributed by atoms with E-state index >= 15 is 0 Å². The van der Waals surface area contributed by atoms with Gasteiger partial charge >= 0.3 is 0 Å². The predicted octanol–water partition coefficient (Wildman–Crippen LogP) is 4.65. The van der Waals surface area contributed by atoms with E-state index in [1.54, 1.807) is 25.3 Å². The summed E-state index contributed by atoms with van der Waals surface area (Å²) in [5.41, 5.74) is 1.77. The molecule has 1 saturated heterocycles. The number of halogens is 2. The first kappa shape index (κ1) is 22.7. The summed E-state index contributed by atoms with van der Waals surface area (Å²) in [5.74, 6) is -0.470. The van der Waals surface area contributed by atoms with Gasteiger partial charge in [-0.1, -0.05) is 15.9 Å². The maximum Gasteiger partial charge on any atom is 0.261 e. The molecule has 0 saturated carbocycles. The van der Waals surface area contributed by atoms with E-state index in [1.165, 1.54) is 17.0 Å². The normalized spacial score (nSPS) is 17.8. The molecule has 0 radical (unpaired) electrons. The second-order valence-corrected chi connectivity index (χ2v) is 9.22. The predicted molar refractivity (Wildman–Crippen MR) is 127 cm³/mol. The number of rotatable bonds is 6. The van der Waals surface area contributed by atoms with Gasteiger partial charge in [-0.3, -0.25) is 19.3 Å². The summed E-state index contributed by atoms with van der Waals surface area (Å²) in [6, 6.07) is 8.39. The Labute approximate surface area is 202 Å². The topological polar surface area (TPSA) is 84.9 Å². The van der Waals surface area contributed by atoms with E-state index in [9.17, 15) is 14.4 Å². The number of anilines is 1. The summed E-state index contributed by atoms with van der Waals surface area (Å²) in [4.78, 5) is 39.1. The van der Waals surface area contributed by atoms with Gasteiger partial charge < -0.3 is 14.8 Å². The molecule has 0 aliphatic carbocycles. The number of methoxy groups -OCH3 is 1. The van der Waals surface area contributed by atoms with Gasteiger partial charge in [0.05, 0.1) is 35.4 Å². The van der Waals surface area contributed by atoms with Gasteiger partial charge in [0.25, 0.3) is 11.8 Å². The highest BCUT2D eigenvalue weighted by Gasteiger charge is 2.37. The number of imide groups is 1. The third-order valence-corrected chi connectivity index (χ3v) is 6.35. The van der Waals surface area contributed by atoms with Crippen molar-refractivity contribution in [1.29, 1.82) is 0 Å². The molecule has 2 aliphatic heterocycles. The molecule has 2 aliphatic rings. The molecule has 0 bridgehead atoms. The fourth-order valence-electron chi connectivity index (χ4n) is 3.80. The molecular weight excluding hydrogens is 544 g/mol. The van der Waals surface area contributed by atoms with Gasteiger partial charge in [-0.2, -0.15) is 0 Å². The molecule has 0 spiro atoms. The van der Waals surface area contributed by atoms with Crippen molar-refractivity contribution < 1.29 is 23.9 Å². The zero-order valence-electron chi connectivity index (χ0n) is 17.2. The number of hydrogen-bond donors (Lipinski definition) is 1. The molecule has 4 rings (SSSR count). The van der Waals surface area contributed by atoms with Crippen molar-refractivity contribution in [1.82, 2.24) is 4.90 Å². The lowest BCUT2D eigenvalue weighted by molar-refractivity contribution is -0.111. The number of amides is 3. The number of nitrogens with one attached hydrogen (secondary N) is 1. The highest BCUT2D eigenvalue weighted by molar-refractivity contribution is 9.11. The van der Waals surface area contributed by atoms with Crippen molar-refractivity contribution in [3.05, 3.63) is 62.0 Å². The van der Waals surface area contributed by atoms with Crippen molar-refractivity contribution in [3.63, 3.8) is 0 Å². The number of benzene rings is 2. The molecule has 166 valence electrons. The van der Waals surface area contributed by atoms with Crippen molar-refractivity contribution >= 4 is 61.3 Å². The average molecular weight is 564 g/mol. The Morgan fingerprint density at radius 3 is 2.72 bits per heavy atom. The van der Waals surface area contributed by atoms with Crippen LogP contribution in [0.25, 0.3) is 6.08 Å². The van der Waals surface area contributed by atoms with Crippen LogP contribution in [0.1, 0.15) is 39.1 Å². The minimum absolute atomic E-state index is 0.114. The summed E-state index contributed by atoms with van der Waals surface area (Å²) in [7, 11) is 1.55. The molecule has 2 aromatic rings. The van der Waals surface area contributed by atoms with Crippen LogP contribution in [0.4, 0.5) is 5.69 Å². The maximum absolute atomic E-state index is 12.8. The van der Waals surface area contributed by atoms with Crippen LogP contribution in [0.15, 0.2) is 45.4 Å². The second kappa shape index (κ2) is 9.56. The second-order valence-electron chi connectivity index (χ2n) is 7.45. The number of hydrogen-bond acceptors (Lipinski definition) is 5. The lowest BCUT2D eigenvalue weighted by Crippen LogP contribution is -2.36. The molecule has 9 heteroatoms. The van der Waals surface area contributed by atoms with Gasteiger partial charge in [-0.25, -0.2) is 0 Å². The van der Waals surface area contributed by atoms with Crippen LogP contribution in [0.3, 0.4) is 0 Å². The molecule has 3 amide bonds. The van der Waals surface area contributed by atoms with Gasteiger partial charge in [0, 0.05) is 28.4 Å². The largest absolute Gasteiger partial charge is 0.495 e. The van der Waals surface area contributed by atoms with E-state index in [0.29, 0.717) is 29.2 Å². The van der Waals surface area contributed by atoms with E-state index in [4.69, 9.17) is 9.47 Å². The quantitative estimate of drug-likeness (QED) is 0.408. The highest BCUT2D eigenvalue weighted by Crippen LogP contribution is 2.33. The molecule has 1 N–H and O–H groups in total. The minimum Gasteiger partial charge on any atom is -0.495 e. The third-order valence-electron chi connectivity index (χ3n) is 5.30. The van der Waals surface area contributed by atoms with E-state index < -0.39 is 0 Å². The first-order valence-electron chi connectivity index (χ1n) is 10.0. The Hall–Kier alpha value is -2.49. The molecule has 32 heavy (non-hydrogen) atoms. The first-order valence-corrected chi connectivity index (χ1v) is 11.6. The van der Waals surface area contributed by atoms with Crippen LogP contribution in [0.2, 0.25) is 0 Å².